The Hall–Kier alpha value is -2.17. The lowest BCUT2D eigenvalue weighted by Crippen LogP contribution is -2.18. The number of amides is 1. The van der Waals surface area contributed by atoms with Crippen LogP contribution in [-0.4, -0.2) is 20.7 Å². The Morgan fingerprint density at radius 1 is 1.44 bits per heavy atom. The van der Waals surface area contributed by atoms with E-state index in [9.17, 15) is 4.79 Å². The van der Waals surface area contributed by atoms with E-state index in [0.717, 1.165) is 11.3 Å². The number of hydrogen-bond acceptors (Lipinski definition) is 3. The van der Waals surface area contributed by atoms with Gasteiger partial charge in [-0.2, -0.15) is 5.10 Å². The van der Waals surface area contributed by atoms with E-state index < -0.39 is 0 Å². The molecule has 0 atom stereocenters. The van der Waals surface area contributed by atoms with E-state index in [1.807, 2.05) is 13.1 Å². The second-order valence-electron chi connectivity index (χ2n) is 3.50. The molecule has 82 valence electrons. The fourth-order valence-corrected chi connectivity index (χ4v) is 1.34. The molecule has 16 heavy (non-hydrogen) atoms. The molecule has 0 saturated heterocycles. The molecule has 0 unspecified atom stereocenters. The molecule has 0 aliphatic carbocycles. The largest absolute Gasteiger partial charge is 0.324 e. The number of aromatic nitrogens is 3. The van der Waals surface area contributed by atoms with Gasteiger partial charge >= 0.3 is 0 Å². The van der Waals surface area contributed by atoms with Gasteiger partial charge in [-0.05, 0) is 24.6 Å². The van der Waals surface area contributed by atoms with Gasteiger partial charge in [0.25, 0.3) is 0 Å². The smallest absolute Gasteiger partial charge is 0.246 e. The summed E-state index contributed by atoms with van der Waals surface area (Å²) in [4.78, 5) is 15.5. The second-order valence-corrected chi connectivity index (χ2v) is 3.50. The predicted molar refractivity (Wildman–Crippen MR) is 59.8 cm³/mol. The van der Waals surface area contributed by atoms with E-state index >= 15 is 0 Å². The topological polar surface area (TPSA) is 59.8 Å². The lowest BCUT2D eigenvalue weighted by molar-refractivity contribution is -0.116. The van der Waals surface area contributed by atoms with Crippen LogP contribution in [0.1, 0.15) is 5.56 Å². The van der Waals surface area contributed by atoms with Crippen molar-refractivity contribution in [2.45, 2.75) is 13.5 Å². The zero-order valence-corrected chi connectivity index (χ0v) is 8.92. The average molecular weight is 216 g/mol. The van der Waals surface area contributed by atoms with Gasteiger partial charge in [-0.3, -0.25) is 14.5 Å². The molecular formula is C11H12N4O. The summed E-state index contributed by atoms with van der Waals surface area (Å²) in [6.07, 6.45) is 6.81. The lowest BCUT2D eigenvalue weighted by Gasteiger charge is -2.04. The molecule has 0 aliphatic heterocycles. The van der Waals surface area contributed by atoms with Crippen molar-refractivity contribution in [1.82, 2.24) is 14.8 Å². The van der Waals surface area contributed by atoms with Gasteiger partial charge in [0.15, 0.2) is 0 Å². The van der Waals surface area contributed by atoms with Crippen molar-refractivity contribution in [3.63, 3.8) is 0 Å². The zero-order chi connectivity index (χ0) is 11.4. The first-order valence-electron chi connectivity index (χ1n) is 4.93. The molecule has 1 amide bonds. The molecule has 0 bridgehead atoms. The molecule has 2 aromatic heterocycles. The van der Waals surface area contributed by atoms with Gasteiger partial charge in [-0.25, -0.2) is 0 Å². The Morgan fingerprint density at radius 2 is 2.19 bits per heavy atom. The molecule has 0 radical (unpaired) electrons. The van der Waals surface area contributed by atoms with Gasteiger partial charge in [0.05, 0.1) is 6.20 Å². The third-order valence-electron chi connectivity index (χ3n) is 2.03. The molecule has 0 aliphatic rings. The molecule has 2 aromatic rings. The minimum absolute atomic E-state index is 0.102. The molecule has 0 fully saturated rings. The number of nitrogens with one attached hydrogen (secondary N) is 1. The molecule has 5 nitrogen and oxygen atoms in total. The summed E-state index contributed by atoms with van der Waals surface area (Å²) in [5, 5.41) is 6.80. The summed E-state index contributed by atoms with van der Waals surface area (Å²) in [6.45, 7) is 2.15. The van der Waals surface area contributed by atoms with Gasteiger partial charge in [0.1, 0.15) is 6.54 Å². The van der Waals surface area contributed by atoms with Crippen LogP contribution in [0, 0.1) is 6.92 Å². The standard InChI is InChI=1S/C11H12N4O/c1-9-6-13-15(7-9)8-11(16)14-10-2-4-12-5-3-10/h2-7H,8H2,1H3,(H,12,14,16). The van der Waals surface area contributed by atoms with Crippen LogP contribution < -0.4 is 5.32 Å². The van der Waals surface area contributed by atoms with E-state index in [0.29, 0.717) is 0 Å². The molecule has 0 saturated carbocycles. The first kappa shape index (κ1) is 10.4. The van der Waals surface area contributed by atoms with Crippen LogP contribution >= 0.6 is 0 Å². The summed E-state index contributed by atoms with van der Waals surface area (Å²) in [5.74, 6) is -0.102. The number of anilines is 1. The predicted octanol–water partition coefficient (Wildman–Crippen LogP) is 1.23. The summed E-state index contributed by atoms with van der Waals surface area (Å²) >= 11 is 0. The molecule has 0 aromatic carbocycles. The second kappa shape index (κ2) is 4.57. The quantitative estimate of drug-likeness (QED) is 0.839. The molecular weight excluding hydrogens is 204 g/mol. The van der Waals surface area contributed by atoms with Crippen molar-refractivity contribution in [2.75, 3.05) is 5.32 Å². The van der Waals surface area contributed by atoms with E-state index in [4.69, 9.17) is 0 Å². The maximum Gasteiger partial charge on any atom is 0.246 e. The SMILES string of the molecule is Cc1cnn(CC(=O)Nc2ccncc2)c1. The highest BCUT2D eigenvalue weighted by molar-refractivity contribution is 5.90. The Labute approximate surface area is 93.1 Å². The number of aryl methyl sites for hydroxylation is 1. The summed E-state index contributed by atoms with van der Waals surface area (Å²) in [7, 11) is 0. The van der Waals surface area contributed by atoms with Crippen LogP contribution in [0.3, 0.4) is 0 Å². The molecule has 2 heterocycles. The molecule has 5 heteroatoms. The van der Waals surface area contributed by atoms with Crippen molar-refractivity contribution in [1.29, 1.82) is 0 Å². The third kappa shape index (κ3) is 2.66. The maximum absolute atomic E-state index is 11.6. The highest BCUT2D eigenvalue weighted by Crippen LogP contribution is 2.03. The number of pyridine rings is 1. The van der Waals surface area contributed by atoms with Crippen molar-refractivity contribution in [3.8, 4) is 0 Å². The van der Waals surface area contributed by atoms with Gasteiger partial charge in [-0.15, -0.1) is 0 Å². The van der Waals surface area contributed by atoms with Crippen molar-refractivity contribution in [3.05, 3.63) is 42.5 Å². The fraction of sp³-hybridized carbons (Fsp3) is 0.182. The van der Waals surface area contributed by atoms with E-state index in [2.05, 4.69) is 15.4 Å². The fourth-order valence-electron chi connectivity index (χ4n) is 1.34. The van der Waals surface area contributed by atoms with Gasteiger partial charge in [0.2, 0.25) is 5.91 Å². The Kier molecular flexibility index (Phi) is 2.95. The summed E-state index contributed by atoms with van der Waals surface area (Å²) in [5.41, 5.74) is 1.78. The van der Waals surface area contributed by atoms with Crippen LogP contribution in [0.5, 0.6) is 0 Å². The van der Waals surface area contributed by atoms with Crippen LogP contribution in [0.2, 0.25) is 0 Å². The van der Waals surface area contributed by atoms with Crippen molar-refractivity contribution >= 4 is 11.6 Å². The first-order chi connectivity index (χ1) is 7.74. The summed E-state index contributed by atoms with van der Waals surface area (Å²) < 4.78 is 1.60. The molecule has 1 N–H and O–H groups in total. The Bertz CT molecular complexity index is 478. The van der Waals surface area contributed by atoms with E-state index in [1.165, 1.54) is 0 Å². The van der Waals surface area contributed by atoms with Crippen molar-refractivity contribution in [2.24, 2.45) is 0 Å². The highest BCUT2D eigenvalue weighted by atomic mass is 16.2. The molecule has 2 rings (SSSR count). The van der Waals surface area contributed by atoms with Gasteiger partial charge in [-0.1, -0.05) is 0 Å². The van der Waals surface area contributed by atoms with Crippen molar-refractivity contribution < 1.29 is 4.79 Å². The first-order valence-corrected chi connectivity index (χ1v) is 4.93. The normalized spacial score (nSPS) is 10.1. The van der Waals surface area contributed by atoms with Crippen LogP contribution in [0.25, 0.3) is 0 Å². The minimum atomic E-state index is -0.102. The third-order valence-corrected chi connectivity index (χ3v) is 2.03. The van der Waals surface area contributed by atoms with Crippen LogP contribution in [0.4, 0.5) is 5.69 Å². The number of carbonyl (C=O) groups excluding carboxylic acids is 1. The average Bonchev–Trinajstić information content (AvgIpc) is 2.65. The number of nitrogens with zero attached hydrogens (tertiary/aromatic N) is 3. The Morgan fingerprint density at radius 3 is 2.81 bits per heavy atom. The van der Waals surface area contributed by atoms with E-state index in [-0.39, 0.29) is 12.5 Å². The number of rotatable bonds is 3. The lowest BCUT2D eigenvalue weighted by atomic mass is 10.4. The number of carbonyl (C=O) groups is 1. The van der Waals surface area contributed by atoms with Crippen LogP contribution in [0.15, 0.2) is 36.9 Å². The Balaban J connectivity index is 1.95. The van der Waals surface area contributed by atoms with E-state index in [1.54, 1.807) is 35.4 Å². The van der Waals surface area contributed by atoms with Crippen LogP contribution in [-0.2, 0) is 11.3 Å². The van der Waals surface area contributed by atoms with Gasteiger partial charge in [0, 0.05) is 24.3 Å². The zero-order valence-electron chi connectivity index (χ0n) is 8.92. The van der Waals surface area contributed by atoms with Gasteiger partial charge < -0.3 is 5.32 Å². The highest BCUT2D eigenvalue weighted by Gasteiger charge is 2.03. The number of hydrogen-bond donors (Lipinski definition) is 1. The maximum atomic E-state index is 11.6. The summed E-state index contributed by atoms with van der Waals surface area (Å²) in [6, 6.07) is 3.48. The molecule has 0 spiro atoms. The monoisotopic (exact) mass is 216 g/mol. The minimum Gasteiger partial charge on any atom is -0.324 e.